The smallest absolute Gasteiger partial charge is 0.261 e. The van der Waals surface area contributed by atoms with Crippen molar-refractivity contribution in [2.24, 2.45) is 0 Å². The van der Waals surface area contributed by atoms with E-state index in [9.17, 15) is 4.79 Å². The summed E-state index contributed by atoms with van der Waals surface area (Å²) in [6, 6.07) is 15.0. The Morgan fingerprint density at radius 3 is 2.74 bits per heavy atom. The lowest BCUT2D eigenvalue weighted by molar-refractivity contribution is 0.0955. The zero-order valence-electron chi connectivity index (χ0n) is 14.3. The highest BCUT2D eigenvalue weighted by molar-refractivity contribution is 7.20. The van der Waals surface area contributed by atoms with E-state index in [0.29, 0.717) is 32.7 Å². The van der Waals surface area contributed by atoms with Gasteiger partial charge in [-0.25, -0.2) is 4.98 Å². The molecule has 0 unspecified atom stereocenters. The van der Waals surface area contributed by atoms with Crippen LogP contribution in [-0.4, -0.2) is 18.0 Å². The van der Waals surface area contributed by atoms with Gasteiger partial charge in [0.2, 0.25) is 0 Å². The average Bonchev–Trinajstić information content (AvgIpc) is 3.09. The number of halogens is 2. The molecule has 0 saturated heterocycles. The van der Waals surface area contributed by atoms with Gasteiger partial charge in [0.15, 0.2) is 0 Å². The van der Waals surface area contributed by atoms with Crippen molar-refractivity contribution in [3.8, 4) is 5.75 Å². The Kier molecular flexibility index (Phi) is 4.91. The molecule has 0 aliphatic rings. The summed E-state index contributed by atoms with van der Waals surface area (Å²) < 4.78 is 5.25. The molecule has 2 heterocycles. The van der Waals surface area contributed by atoms with E-state index in [-0.39, 0.29) is 5.91 Å². The largest absolute Gasteiger partial charge is 0.495 e. The second kappa shape index (κ2) is 7.35. The molecule has 0 atom stereocenters. The van der Waals surface area contributed by atoms with Crippen LogP contribution in [0, 0.1) is 0 Å². The predicted molar refractivity (Wildman–Crippen MR) is 111 cm³/mol. The number of amides is 1. The third kappa shape index (κ3) is 3.46. The van der Waals surface area contributed by atoms with Crippen LogP contribution in [0.25, 0.3) is 21.1 Å². The molecule has 2 aromatic heterocycles. The van der Waals surface area contributed by atoms with Crippen molar-refractivity contribution in [1.82, 2.24) is 10.3 Å². The summed E-state index contributed by atoms with van der Waals surface area (Å²) in [4.78, 5) is 18.5. The van der Waals surface area contributed by atoms with Crippen molar-refractivity contribution < 1.29 is 9.53 Å². The molecule has 2 aromatic carbocycles. The van der Waals surface area contributed by atoms with Crippen LogP contribution in [0.3, 0.4) is 0 Å². The monoisotopic (exact) mass is 416 g/mol. The summed E-state index contributed by atoms with van der Waals surface area (Å²) in [5, 5.41) is 5.80. The van der Waals surface area contributed by atoms with Gasteiger partial charge >= 0.3 is 0 Å². The number of hydrogen-bond donors (Lipinski definition) is 1. The second-order valence-corrected chi connectivity index (χ2v) is 7.74. The zero-order chi connectivity index (χ0) is 19.0. The van der Waals surface area contributed by atoms with Crippen LogP contribution in [0.15, 0.2) is 48.5 Å². The first-order valence-electron chi connectivity index (χ1n) is 8.15. The first-order chi connectivity index (χ1) is 13.1. The van der Waals surface area contributed by atoms with Crippen LogP contribution in [0.1, 0.15) is 15.2 Å². The van der Waals surface area contributed by atoms with E-state index in [1.807, 2.05) is 42.5 Å². The molecule has 27 heavy (non-hydrogen) atoms. The normalized spacial score (nSPS) is 11.1. The summed E-state index contributed by atoms with van der Waals surface area (Å²) in [5.74, 6) is 0.413. The average molecular weight is 417 g/mol. The number of nitrogens with zero attached hydrogens (tertiary/aromatic N) is 1. The van der Waals surface area contributed by atoms with E-state index < -0.39 is 0 Å². The molecule has 4 rings (SSSR count). The number of ether oxygens (including phenoxy) is 1. The van der Waals surface area contributed by atoms with Gasteiger partial charge in [0.05, 0.1) is 17.5 Å². The lowest BCUT2D eigenvalue weighted by atomic mass is 10.2. The van der Waals surface area contributed by atoms with Gasteiger partial charge in [-0.1, -0.05) is 41.4 Å². The van der Waals surface area contributed by atoms with Gasteiger partial charge in [-0.3, -0.25) is 4.79 Å². The SMILES string of the molecule is COc1ccc2cc3cc(C(=O)NCc4ccccc4Cl)sc3nc2c1Cl. The molecule has 0 spiro atoms. The minimum atomic E-state index is -0.161. The number of pyridine rings is 1. The van der Waals surface area contributed by atoms with Gasteiger partial charge in [-0.2, -0.15) is 0 Å². The number of methoxy groups -OCH3 is 1. The standard InChI is InChI=1S/C20H14Cl2N2O2S/c1-26-15-7-6-11-8-13-9-16(27-20(13)24-18(11)17(15)22)19(25)23-10-12-4-2-3-5-14(12)21/h2-9H,10H2,1H3,(H,23,25). The van der Waals surface area contributed by atoms with Crippen molar-refractivity contribution in [1.29, 1.82) is 0 Å². The van der Waals surface area contributed by atoms with E-state index >= 15 is 0 Å². The molecule has 4 aromatic rings. The fourth-order valence-corrected chi connectivity index (χ4v) is 4.25. The highest BCUT2D eigenvalue weighted by Crippen LogP contribution is 2.35. The Morgan fingerprint density at radius 1 is 1.15 bits per heavy atom. The Balaban J connectivity index is 1.64. The Labute approximate surface area is 169 Å². The Hall–Kier alpha value is -2.34. The number of carbonyl (C=O) groups is 1. The van der Waals surface area contributed by atoms with Crippen LogP contribution >= 0.6 is 34.5 Å². The van der Waals surface area contributed by atoms with Crippen molar-refractivity contribution in [2.75, 3.05) is 7.11 Å². The van der Waals surface area contributed by atoms with Gasteiger partial charge < -0.3 is 10.1 Å². The number of nitrogens with one attached hydrogen (secondary N) is 1. The molecule has 0 radical (unpaired) electrons. The maximum absolute atomic E-state index is 12.5. The minimum Gasteiger partial charge on any atom is -0.495 e. The predicted octanol–water partition coefficient (Wildman–Crippen LogP) is 5.69. The number of hydrogen-bond acceptors (Lipinski definition) is 4. The number of benzene rings is 2. The molecule has 0 aliphatic heterocycles. The number of aromatic nitrogens is 1. The van der Waals surface area contributed by atoms with Crippen LogP contribution in [0.4, 0.5) is 0 Å². The summed E-state index contributed by atoms with van der Waals surface area (Å²) in [6.45, 7) is 0.366. The molecule has 0 fully saturated rings. The first kappa shape index (κ1) is 18.0. The van der Waals surface area contributed by atoms with Gasteiger partial charge in [-0.15, -0.1) is 11.3 Å². The molecule has 136 valence electrons. The highest BCUT2D eigenvalue weighted by atomic mass is 35.5. The summed E-state index contributed by atoms with van der Waals surface area (Å²) >= 11 is 13.8. The van der Waals surface area contributed by atoms with E-state index in [0.717, 1.165) is 21.2 Å². The van der Waals surface area contributed by atoms with Crippen molar-refractivity contribution in [2.45, 2.75) is 6.54 Å². The number of fused-ring (bicyclic) bond motifs is 2. The molecule has 0 aliphatic carbocycles. The number of rotatable bonds is 4. The van der Waals surface area contributed by atoms with E-state index in [1.54, 1.807) is 13.2 Å². The molecular formula is C20H14Cl2N2O2S. The zero-order valence-corrected chi connectivity index (χ0v) is 16.6. The lowest BCUT2D eigenvalue weighted by Gasteiger charge is -2.05. The second-order valence-electron chi connectivity index (χ2n) is 5.92. The topological polar surface area (TPSA) is 51.2 Å². The summed E-state index contributed by atoms with van der Waals surface area (Å²) in [6.07, 6.45) is 0. The molecule has 1 amide bonds. The van der Waals surface area contributed by atoms with Crippen LogP contribution in [-0.2, 0) is 6.54 Å². The summed E-state index contributed by atoms with van der Waals surface area (Å²) in [5.41, 5.74) is 1.53. The Bertz CT molecular complexity index is 1170. The minimum absolute atomic E-state index is 0.161. The fourth-order valence-electron chi connectivity index (χ4n) is 2.82. The van der Waals surface area contributed by atoms with Crippen molar-refractivity contribution in [3.63, 3.8) is 0 Å². The van der Waals surface area contributed by atoms with Gasteiger partial charge in [-0.05, 0) is 35.9 Å². The molecule has 0 bridgehead atoms. The van der Waals surface area contributed by atoms with Gasteiger partial charge in [0.1, 0.15) is 15.6 Å². The third-order valence-electron chi connectivity index (χ3n) is 4.22. The van der Waals surface area contributed by atoms with E-state index in [1.165, 1.54) is 11.3 Å². The fraction of sp³-hybridized carbons (Fsp3) is 0.100. The lowest BCUT2D eigenvalue weighted by Crippen LogP contribution is -2.21. The summed E-state index contributed by atoms with van der Waals surface area (Å²) in [7, 11) is 1.57. The molecular weight excluding hydrogens is 403 g/mol. The van der Waals surface area contributed by atoms with Gasteiger partial charge in [0.25, 0.3) is 5.91 Å². The van der Waals surface area contributed by atoms with Crippen LogP contribution in [0.2, 0.25) is 10.0 Å². The highest BCUT2D eigenvalue weighted by Gasteiger charge is 2.14. The van der Waals surface area contributed by atoms with Crippen molar-refractivity contribution in [3.05, 3.63) is 69.0 Å². The molecule has 4 nitrogen and oxygen atoms in total. The van der Waals surface area contributed by atoms with E-state index in [2.05, 4.69) is 10.3 Å². The molecule has 1 N–H and O–H groups in total. The number of thiophene rings is 1. The Morgan fingerprint density at radius 2 is 1.96 bits per heavy atom. The van der Waals surface area contributed by atoms with Crippen LogP contribution < -0.4 is 10.1 Å². The maximum Gasteiger partial charge on any atom is 0.261 e. The first-order valence-corrected chi connectivity index (χ1v) is 9.72. The molecule has 0 saturated carbocycles. The van der Waals surface area contributed by atoms with Crippen molar-refractivity contribution >= 4 is 61.6 Å². The maximum atomic E-state index is 12.5. The third-order valence-corrected chi connectivity index (χ3v) is 5.99. The van der Waals surface area contributed by atoms with Crippen LogP contribution in [0.5, 0.6) is 5.75 Å². The van der Waals surface area contributed by atoms with E-state index in [4.69, 9.17) is 27.9 Å². The number of carbonyl (C=O) groups excluding carboxylic acids is 1. The molecule has 7 heteroatoms. The van der Waals surface area contributed by atoms with Gasteiger partial charge in [0, 0.05) is 22.3 Å². The quantitative estimate of drug-likeness (QED) is 0.464.